The van der Waals surface area contributed by atoms with Gasteiger partial charge in [-0.25, -0.2) is 5.43 Å². The van der Waals surface area contributed by atoms with Crippen molar-refractivity contribution in [3.8, 4) is 0 Å². The van der Waals surface area contributed by atoms with Crippen LogP contribution in [-0.4, -0.2) is 58.6 Å². The van der Waals surface area contributed by atoms with Gasteiger partial charge < -0.3 is 5.11 Å². The van der Waals surface area contributed by atoms with Crippen molar-refractivity contribution in [3.05, 3.63) is 35.9 Å². The molecule has 1 saturated carbocycles. The molecule has 1 aromatic carbocycles. The molecule has 3 unspecified atom stereocenters. The maximum absolute atomic E-state index is 13.4. The second kappa shape index (κ2) is 9.33. The smallest absolute Gasteiger partial charge is 0.319 e. The number of hydrazine groups is 1. The SMILES string of the molecule is CC(C(=O)N(NCC(=O)O)C1CCCCC1N1CCCC1)c1ccccc1. The lowest BCUT2D eigenvalue weighted by molar-refractivity contribution is -0.145. The van der Waals surface area contributed by atoms with Crippen LogP contribution < -0.4 is 5.43 Å². The molecule has 0 aromatic heterocycles. The van der Waals surface area contributed by atoms with E-state index in [1.807, 2.05) is 37.3 Å². The molecule has 2 aliphatic rings. The molecule has 1 aromatic rings. The van der Waals surface area contributed by atoms with Crippen LogP contribution in [0, 0.1) is 0 Å². The Balaban J connectivity index is 1.82. The van der Waals surface area contributed by atoms with Gasteiger partial charge in [0, 0.05) is 6.04 Å². The molecule has 1 aliphatic carbocycles. The molecule has 0 radical (unpaired) electrons. The lowest BCUT2D eigenvalue weighted by atomic mass is 9.88. The van der Waals surface area contributed by atoms with Crippen molar-refractivity contribution in [2.45, 2.75) is 63.5 Å². The quantitative estimate of drug-likeness (QED) is 0.719. The van der Waals surface area contributed by atoms with E-state index in [0.29, 0.717) is 6.04 Å². The van der Waals surface area contributed by atoms with Gasteiger partial charge in [-0.1, -0.05) is 43.2 Å². The Hall–Kier alpha value is -1.92. The Morgan fingerprint density at radius 1 is 1.15 bits per heavy atom. The number of carbonyl (C=O) groups is 2. The predicted molar refractivity (Wildman–Crippen MR) is 104 cm³/mol. The first-order chi connectivity index (χ1) is 13.1. The van der Waals surface area contributed by atoms with E-state index in [9.17, 15) is 9.59 Å². The Kier molecular flexibility index (Phi) is 6.85. The van der Waals surface area contributed by atoms with Gasteiger partial charge in [0.1, 0.15) is 6.54 Å². The number of amides is 1. The fourth-order valence-electron chi connectivity index (χ4n) is 4.50. The third kappa shape index (κ3) is 4.87. The maximum atomic E-state index is 13.4. The van der Waals surface area contributed by atoms with Crippen LogP contribution in [0.15, 0.2) is 30.3 Å². The number of nitrogens with zero attached hydrogens (tertiary/aromatic N) is 2. The molecule has 0 bridgehead atoms. The molecule has 6 nitrogen and oxygen atoms in total. The molecular weight excluding hydrogens is 342 g/mol. The normalized spacial score (nSPS) is 24.5. The van der Waals surface area contributed by atoms with E-state index in [2.05, 4.69) is 10.3 Å². The second-order valence-electron chi connectivity index (χ2n) is 7.73. The molecule has 0 spiro atoms. The van der Waals surface area contributed by atoms with Gasteiger partial charge in [-0.15, -0.1) is 0 Å². The number of likely N-dealkylation sites (tertiary alicyclic amines) is 1. The fraction of sp³-hybridized carbons (Fsp3) is 0.619. The van der Waals surface area contributed by atoms with Gasteiger partial charge in [-0.05, 0) is 51.3 Å². The highest BCUT2D eigenvalue weighted by molar-refractivity contribution is 5.83. The molecule has 3 rings (SSSR count). The summed E-state index contributed by atoms with van der Waals surface area (Å²) in [6, 6.07) is 10.0. The van der Waals surface area contributed by atoms with Crippen LogP contribution in [0.25, 0.3) is 0 Å². The summed E-state index contributed by atoms with van der Waals surface area (Å²) in [7, 11) is 0. The van der Waals surface area contributed by atoms with Crippen molar-refractivity contribution in [2.75, 3.05) is 19.6 Å². The molecule has 3 atom stereocenters. The first kappa shape index (κ1) is 19.8. The summed E-state index contributed by atoms with van der Waals surface area (Å²) < 4.78 is 0. The van der Waals surface area contributed by atoms with E-state index in [1.54, 1.807) is 5.01 Å². The van der Waals surface area contributed by atoms with E-state index >= 15 is 0 Å². The zero-order valence-electron chi connectivity index (χ0n) is 16.1. The van der Waals surface area contributed by atoms with E-state index in [-0.39, 0.29) is 24.4 Å². The number of carbonyl (C=O) groups excluding carboxylic acids is 1. The largest absolute Gasteiger partial charge is 0.480 e. The van der Waals surface area contributed by atoms with Crippen LogP contribution in [0.3, 0.4) is 0 Å². The summed E-state index contributed by atoms with van der Waals surface area (Å²) in [5.41, 5.74) is 3.91. The minimum atomic E-state index is -0.950. The maximum Gasteiger partial charge on any atom is 0.319 e. The van der Waals surface area contributed by atoms with Gasteiger partial charge in [-0.3, -0.25) is 19.5 Å². The first-order valence-electron chi connectivity index (χ1n) is 10.2. The summed E-state index contributed by atoms with van der Waals surface area (Å²) >= 11 is 0. The number of aliphatic carboxylic acids is 1. The minimum absolute atomic E-state index is 0.0230. The molecule has 1 saturated heterocycles. The van der Waals surface area contributed by atoms with Gasteiger partial charge in [0.25, 0.3) is 0 Å². The summed E-state index contributed by atoms with van der Waals surface area (Å²) in [6.45, 7) is 3.82. The van der Waals surface area contributed by atoms with Gasteiger partial charge in [0.15, 0.2) is 0 Å². The van der Waals surface area contributed by atoms with Crippen LogP contribution in [-0.2, 0) is 9.59 Å². The Morgan fingerprint density at radius 3 is 2.48 bits per heavy atom. The van der Waals surface area contributed by atoms with Crippen LogP contribution in [0.1, 0.15) is 56.9 Å². The van der Waals surface area contributed by atoms with Gasteiger partial charge >= 0.3 is 5.97 Å². The molecule has 2 N–H and O–H groups in total. The molecule has 2 fully saturated rings. The lowest BCUT2D eigenvalue weighted by Crippen LogP contribution is -2.60. The average Bonchev–Trinajstić information content (AvgIpc) is 3.23. The van der Waals surface area contributed by atoms with Crippen molar-refractivity contribution in [1.29, 1.82) is 0 Å². The van der Waals surface area contributed by atoms with E-state index in [0.717, 1.165) is 37.9 Å². The molecule has 148 valence electrons. The molecule has 1 amide bonds. The van der Waals surface area contributed by atoms with E-state index in [4.69, 9.17) is 5.11 Å². The van der Waals surface area contributed by atoms with E-state index in [1.165, 1.54) is 19.3 Å². The highest BCUT2D eigenvalue weighted by atomic mass is 16.4. The molecule has 27 heavy (non-hydrogen) atoms. The van der Waals surface area contributed by atoms with Crippen molar-refractivity contribution >= 4 is 11.9 Å². The zero-order valence-corrected chi connectivity index (χ0v) is 16.1. The molecule has 1 heterocycles. The van der Waals surface area contributed by atoms with Crippen LogP contribution in [0.5, 0.6) is 0 Å². The van der Waals surface area contributed by atoms with Gasteiger partial charge in [0.2, 0.25) is 5.91 Å². The highest BCUT2D eigenvalue weighted by Crippen LogP contribution is 2.30. The standard InChI is InChI=1S/C21H31N3O3/c1-16(17-9-3-2-4-10-17)21(27)24(22-15-20(25)26)19-12-6-5-11-18(19)23-13-7-8-14-23/h2-4,9-10,16,18-19,22H,5-8,11-15H2,1H3,(H,25,26). The van der Waals surface area contributed by atoms with Crippen molar-refractivity contribution < 1.29 is 14.7 Å². The fourth-order valence-corrected chi connectivity index (χ4v) is 4.50. The number of benzene rings is 1. The summed E-state index contributed by atoms with van der Waals surface area (Å²) in [5.74, 6) is -1.30. The topological polar surface area (TPSA) is 72.9 Å². The highest BCUT2D eigenvalue weighted by Gasteiger charge is 2.38. The Morgan fingerprint density at radius 2 is 1.81 bits per heavy atom. The number of nitrogens with one attached hydrogen (secondary N) is 1. The number of carboxylic acids is 1. The second-order valence-corrected chi connectivity index (χ2v) is 7.73. The van der Waals surface area contributed by atoms with Crippen LogP contribution in [0.2, 0.25) is 0 Å². The molecule has 6 heteroatoms. The number of hydrogen-bond acceptors (Lipinski definition) is 4. The minimum Gasteiger partial charge on any atom is -0.480 e. The molecular formula is C21H31N3O3. The average molecular weight is 373 g/mol. The third-order valence-electron chi connectivity index (χ3n) is 5.94. The Bertz CT molecular complexity index is 631. The Labute approximate surface area is 161 Å². The van der Waals surface area contributed by atoms with Crippen LogP contribution in [0.4, 0.5) is 0 Å². The van der Waals surface area contributed by atoms with E-state index < -0.39 is 5.97 Å². The predicted octanol–water partition coefficient (Wildman–Crippen LogP) is 2.61. The lowest BCUT2D eigenvalue weighted by Gasteiger charge is -2.44. The van der Waals surface area contributed by atoms with Gasteiger partial charge in [-0.2, -0.15) is 0 Å². The first-order valence-corrected chi connectivity index (χ1v) is 10.2. The van der Waals surface area contributed by atoms with Crippen molar-refractivity contribution in [2.24, 2.45) is 0 Å². The summed E-state index contributed by atoms with van der Waals surface area (Å²) in [4.78, 5) is 27.0. The zero-order chi connectivity index (χ0) is 19.2. The summed E-state index contributed by atoms with van der Waals surface area (Å²) in [5, 5.41) is 10.8. The number of rotatable bonds is 7. The summed E-state index contributed by atoms with van der Waals surface area (Å²) in [6.07, 6.45) is 6.66. The number of carboxylic acid groups (broad SMARTS) is 1. The van der Waals surface area contributed by atoms with Crippen molar-refractivity contribution in [3.63, 3.8) is 0 Å². The van der Waals surface area contributed by atoms with Crippen LogP contribution >= 0.6 is 0 Å². The van der Waals surface area contributed by atoms with Crippen molar-refractivity contribution in [1.82, 2.24) is 15.3 Å². The monoisotopic (exact) mass is 373 g/mol. The third-order valence-corrected chi connectivity index (χ3v) is 5.94. The number of hydrogen-bond donors (Lipinski definition) is 2. The molecule has 1 aliphatic heterocycles. The van der Waals surface area contributed by atoms with Gasteiger partial charge in [0.05, 0.1) is 12.0 Å².